The molecule has 0 aliphatic carbocycles. The Labute approximate surface area is 182 Å². The molecule has 0 aromatic heterocycles. The van der Waals surface area contributed by atoms with Crippen molar-refractivity contribution < 1.29 is 33.6 Å². The third-order valence-electron chi connectivity index (χ3n) is 4.88. The van der Waals surface area contributed by atoms with Gasteiger partial charge in [-0.05, 0) is 36.2 Å². The Balaban J connectivity index is 2.73. The monoisotopic (exact) mass is 433 g/mol. The molecule has 0 saturated carbocycles. The van der Waals surface area contributed by atoms with E-state index in [9.17, 15) is 4.79 Å². The highest BCUT2D eigenvalue weighted by atomic mass is 17.3. The average Bonchev–Trinajstić information content (AvgIpc) is 2.81. The number of hydrogen-bond donors (Lipinski definition) is 0. The molecule has 0 bridgehead atoms. The van der Waals surface area contributed by atoms with Crippen molar-refractivity contribution in [2.45, 2.75) is 46.0 Å². The van der Waals surface area contributed by atoms with Crippen LogP contribution < -0.4 is 18.9 Å². The Bertz CT molecular complexity index is 924. The summed E-state index contributed by atoms with van der Waals surface area (Å²) in [6.07, 6.45) is 3.71. The number of carbonyl (C=O) groups excluding carboxylic acids is 1. The van der Waals surface area contributed by atoms with Crippen LogP contribution >= 0.6 is 0 Å². The molecule has 0 aliphatic heterocycles. The Morgan fingerprint density at radius 3 is 2.06 bits per heavy atom. The fourth-order valence-corrected chi connectivity index (χ4v) is 3.30. The summed E-state index contributed by atoms with van der Waals surface area (Å²) in [5.41, 5.74) is 1.22. The molecule has 31 heavy (non-hydrogen) atoms. The van der Waals surface area contributed by atoms with Crippen LogP contribution in [0.2, 0.25) is 0 Å². The first-order valence-electron chi connectivity index (χ1n) is 10.3. The molecule has 170 valence electrons. The molecule has 2 aromatic carbocycles. The largest absolute Gasteiger partial charge is 0.496 e. The van der Waals surface area contributed by atoms with Gasteiger partial charge in [0.2, 0.25) is 0 Å². The second-order valence-electron chi connectivity index (χ2n) is 6.76. The van der Waals surface area contributed by atoms with E-state index in [1.165, 1.54) is 0 Å². The predicted molar refractivity (Wildman–Crippen MR) is 118 cm³/mol. The number of benzene rings is 2. The van der Waals surface area contributed by atoms with Gasteiger partial charge in [0.15, 0.2) is 0 Å². The first kappa shape index (κ1) is 24.1. The summed E-state index contributed by atoms with van der Waals surface area (Å²) in [5, 5.41) is 5.51. The molecule has 0 spiro atoms. The van der Waals surface area contributed by atoms with Gasteiger partial charge in [-0.3, -0.25) is 0 Å². The first-order chi connectivity index (χ1) is 15.1. The van der Waals surface area contributed by atoms with Gasteiger partial charge in [0.1, 0.15) is 23.0 Å². The molecular formula is C23H31NO7. The van der Waals surface area contributed by atoms with E-state index < -0.39 is 5.97 Å². The van der Waals surface area contributed by atoms with E-state index in [0.717, 1.165) is 24.6 Å². The number of rotatable bonds is 12. The summed E-state index contributed by atoms with van der Waals surface area (Å²) in [7, 11) is 6.33. The predicted octanol–water partition coefficient (Wildman–Crippen LogP) is 5.04. The quantitative estimate of drug-likeness (QED) is 0.201. The lowest BCUT2D eigenvalue weighted by atomic mass is 9.97. The van der Waals surface area contributed by atoms with Crippen molar-refractivity contribution in [3.8, 4) is 23.0 Å². The van der Waals surface area contributed by atoms with Crippen molar-refractivity contribution in [3.63, 3.8) is 0 Å². The topological polar surface area (TPSA) is 84.8 Å². The molecule has 0 unspecified atom stereocenters. The van der Waals surface area contributed by atoms with Crippen LogP contribution in [0.1, 0.15) is 51.5 Å². The fraction of sp³-hybridized carbons (Fsp3) is 0.478. The van der Waals surface area contributed by atoms with Crippen LogP contribution in [0.25, 0.3) is 10.8 Å². The Morgan fingerprint density at radius 2 is 1.52 bits per heavy atom. The van der Waals surface area contributed by atoms with Crippen molar-refractivity contribution in [2.24, 2.45) is 5.16 Å². The van der Waals surface area contributed by atoms with Crippen LogP contribution in [0.3, 0.4) is 0 Å². The summed E-state index contributed by atoms with van der Waals surface area (Å²) in [5.74, 6) is 1.81. The lowest BCUT2D eigenvalue weighted by molar-refractivity contribution is -0.272. The number of carbonyl (C=O) groups is 1. The lowest BCUT2D eigenvalue weighted by Crippen LogP contribution is -2.09. The standard InChI is InChI=1S/C23H31NO7/c1-7-9-10-11-16(24-31-30-20(25)8-2)15-14-19(28-5)21-17(26-3)12-13-18(27-4)22(21)23(15)29-6/h12-14H,7-11H2,1-6H3. The molecule has 0 N–H and O–H groups in total. The second-order valence-corrected chi connectivity index (χ2v) is 6.76. The van der Waals surface area contributed by atoms with Crippen molar-refractivity contribution in [2.75, 3.05) is 28.4 Å². The normalized spacial score (nSPS) is 11.2. The van der Waals surface area contributed by atoms with E-state index in [0.29, 0.717) is 46.1 Å². The minimum atomic E-state index is -0.508. The number of oxime groups is 1. The van der Waals surface area contributed by atoms with E-state index in [4.69, 9.17) is 28.8 Å². The molecule has 0 atom stereocenters. The van der Waals surface area contributed by atoms with Gasteiger partial charge < -0.3 is 18.9 Å². The van der Waals surface area contributed by atoms with Gasteiger partial charge in [0, 0.05) is 12.0 Å². The Hall–Kier alpha value is -3.16. The smallest absolute Gasteiger partial charge is 0.357 e. The SMILES string of the molecule is CCCCCC(=NOOC(=O)CC)c1cc(OC)c2c(OC)ccc(OC)c2c1OC. The van der Waals surface area contributed by atoms with Gasteiger partial charge in [-0.15, -0.1) is 0 Å². The summed E-state index contributed by atoms with van der Waals surface area (Å²) >= 11 is 0. The summed E-state index contributed by atoms with van der Waals surface area (Å²) in [4.78, 5) is 21.1. The maximum atomic E-state index is 11.5. The third kappa shape index (κ3) is 5.51. The van der Waals surface area contributed by atoms with E-state index in [2.05, 4.69) is 12.1 Å². The second kappa shape index (κ2) is 11.9. The minimum absolute atomic E-state index is 0.185. The van der Waals surface area contributed by atoms with Crippen molar-refractivity contribution >= 4 is 22.5 Å². The number of methoxy groups -OCH3 is 4. The summed E-state index contributed by atoms with van der Waals surface area (Å²) < 4.78 is 22.6. The lowest BCUT2D eigenvalue weighted by Gasteiger charge is -2.19. The van der Waals surface area contributed by atoms with Gasteiger partial charge >= 0.3 is 5.97 Å². The maximum Gasteiger partial charge on any atom is 0.357 e. The van der Waals surface area contributed by atoms with Gasteiger partial charge in [0.05, 0.1) is 44.9 Å². The zero-order valence-corrected chi connectivity index (χ0v) is 19.1. The zero-order valence-electron chi connectivity index (χ0n) is 19.1. The number of unbranched alkanes of at least 4 members (excludes halogenated alkanes) is 2. The molecule has 0 fully saturated rings. The number of fused-ring (bicyclic) bond motifs is 1. The highest BCUT2D eigenvalue weighted by Crippen LogP contribution is 2.46. The molecule has 8 nitrogen and oxygen atoms in total. The molecular weight excluding hydrogens is 402 g/mol. The number of hydrogen-bond acceptors (Lipinski definition) is 8. The molecule has 0 amide bonds. The molecule has 0 saturated heterocycles. The van der Waals surface area contributed by atoms with Crippen LogP contribution in [-0.4, -0.2) is 40.1 Å². The van der Waals surface area contributed by atoms with Crippen molar-refractivity contribution in [1.29, 1.82) is 0 Å². The van der Waals surface area contributed by atoms with E-state index in [1.807, 2.05) is 12.1 Å². The fourth-order valence-electron chi connectivity index (χ4n) is 3.30. The molecule has 0 heterocycles. The highest BCUT2D eigenvalue weighted by molar-refractivity contribution is 6.12. The zero-order chi connectivity index (χ0) is 22.8. The van der Waals surface area contributed by atoms with Crippen LogP contribution in [0.5, 0.6) is 23.0 Å². The molecule has 0 aliphatic rings. The Morgan fingerprint density at radius 1 is 0.871 bits per heavy atom. The molecule has 2 aromatic rings. The van der Waals surface area contributed by atoms with Crippen LogP contribution in [0.4, 0.5) is 0 Å². The van der Waals surface area contributed by atoms with Gasteiger partial charge in [-0.1, -0.05) is 26.7 Å². The molecule has 2 rings (SSSR count). The van der Waals surface area contributed by atoms with E-state index >= 15 is 0 Å². The summed E-state index contributed by atoms with van der Waals surface area (Å²) in [6.45, 7) is 3.79. The maximum absolute atomic E-state index is 11.5. The average molecular weight is 434 g/mol. The minimum Gasteiger partial charge on any atom is -0.496 e. The summed E-state index contributed by atoms with van der Waals surface area (Å²) in [6, 6.07) is 5.44. The first-order valence-corrected chi connectivity index (χ1v) is 10.3. The van der Waals surface area contributed by atoms with Crippen molar-refractivity contribution in [1.82, 2.24) is 0 Å². The van der Waals surface area contributed by atoms with Crippen LogP contribution in [0, 0.1) is 0 Å². The van der Waals surface area contributed by atoms with Gasteiger partial charge in [-0.25, -0.2) is 9.68 Å². The molecule has 0 radical (unpaired) electrons. The Kier molecular flexibility index (Phi) is 9.24. The van der Waals surface area contributed by atoms with E-state index in [-0.39, 0.29) is 6.42 Å². The van der Waals surface area contributed by atoms with Gasteiger partial charge in [0.25, 0.3) is 0 Å². The van der Waals surface area contributed by atoms with E-state index in [1.54, 1.807) is 41.4 Å². The molecule has 8 heteroatoms. The number of nitrogens with zero attached hydrogens (tertiary/aromatic N) is 1. The van der Waals surface area contributed by atoms with Crippen LogP contribution in [0.15, 0.2) is 23.4 Å². The number of ether oxygens (including phenoxy) is 4. The van der Waals surface area contributed by atoms with Crippen molar-refractivity contribution in [3.05, 3.63) is 23.8 Å². The third-order valence-corrected chi connectivity index (χ3v) is 4.88. The highest BCUT2D eigenvalue weighted by Gasteiger charge is 2.23. The van der Waals surface area contributed by atoms with Gasteiger partial charge in [-0.2, -0.15) is 4.99 Å². The van der Waals surface area contributed by atoms with Crippen LogP contribution in [-0.2, 0) is 14.7 Å².